The van der Waals surface area contributed by atoms with E-state index in [1.807, 2.05) is 36.4 Å². The van der Waals surface area contributed by atoms with Crippen molar-refractivity contribution in [2.75, 3.05) is 13.6 Å². The molecule has 0 saturated carbocycles. The standard InChI is InChI=1S/C21H24N2O2/c1-15-8-7-9-16(2)18(15)13-23-19(12-17-10-5-4-6-11-17)21(25)22(3)14-20(23)24/h4-11,19H,12-14H2,1-3H3/t19-/m0/s1. The summed E-state index contributed by atoms with van der Waals surface area (Å²) in [5, 5.41) is 0. The Labute approximate surface area is 149 Å². The molecule has 0 radical (unpaired) electrons. The molecule has 1 heterocycles. The van der Waals surface area contributed by atoms with Crippen LogP contribution in [0.25, 0.3) is 0 Å². The second-order valence-electron chi connectivity index (χ2n) is 6.79. The lowest BCUT2D eigenvalue weighted by Gasteiger charge is -2.39. The summed E-state index contributed by atoms with van der Waals surface area (Å²) < 4.78 is 0. The molecule has 0 aromatic heterocycles. The largest absolute Gasteiger partial charge is 0.335 e. The predicted molar refractivity (Wildman–Crippen MR) is 98.0 cm³/mol. The first kappa shape index (κ1) is 17.2. The topological polar surface area (TPSA) is 40.6 Å². The molecule has 0 bridgehead atoms. The number of carbonyl (C=O) groups is 2. The number of rotatable bonds is 4. The molecule has 3 rings (SSSR count). The van der Waals surface area contributed by atoms with E-state index in [9.17, 15) is 9.59 Å². The minimum absolute atomic E-state index is 0.00526. The van der Waals surface area contributed by atoms with Gasteiger partial charge in [0.15, 0.2) is 0 Å². The molecule has 0 aliphatic carbocycles. The summed E-state index contributed by atoms with van der Waals surface area (Å²) in [5.41, 5.74) is 4.50. The van der Waals surface area contributed by atoms with Crippen molar-refractivity contribution >= 4 is 11.8 Å². The zero-order chi connectivity index (χ0) is 18.0. The second kappa shape index (κ2) is 7.09. The van der Waals surface area contributed by atoms with Gasteiger partial charge in [-0.15, -0.1) is 0 Å². The first-order chi connectivity index (χ1) is 12.0. The number of benzene rings is 2. The van der Waals surface area contributed by atoms with E-state index in [1.165, 1.54) is 4.90 Å². The zero-order valence-corrected chi connectivity index (χ0v) is 15.0. The molecule has 2 aromatic rings. The molecular formula is C21H24N2O2. The number of hydrogen-bond donors (Lipinski definition) is 0. The van der Waals surface area contributed by atoms with Gasteiger partial charge in [0.1, 0.15) is 6.04 Å². The van der Waals surface area contributed by atoms with Gasteiger partial charge < -0.3 is 9.80 Å². The Kier molecular flexibility index (Phi) is 4.88. The van der Waals surface area contributed by atoms with Crippen LogP contribution in [-0.2, 0) is 22.6 Å². The van der Waals surface area contributed by atoms with Gasteiger partial charge in [0.25, 0.3) is 0 Å². The first-order valence-corrected chi connectivity index (χ1v) is 8.61. The molecule has 130 valence electrons. The number of aryl methyl sites for hydroxylation is 2. The van der Waals surface area contributed by atoms with Gasteiger partial charge in [-0.05, 0) is 36.1 Å². The van der Waals surface area contributed by atoms with Crippen molar-refractivity contribution in [2.45, 2.75) is 32.9 Å². The number of carbonyl (C=O) groups excluding carboxylic acids is 2. The number of piperazine rings is 1. The third-order valence-corrected chi connectivity index (χ3v) is 4.98. The third kappa shape index (κ3) is 3.58. The highest BCUT2D eigenvalue weighted by atomic mass is 16.2. The van der Waals surface area contributed by atoms with E-state index in [-0.39, 0.29) is 18.4 Å². The van der Waals surface area contributed by atoms with Crippen molar-refractivity contribution in [3.8, 4) is 0 Å². The second-order valence-corrected chi connectivity index (χ2v) is 6.79. The fraction of sp³-hybridized carbons (Fsp3) is 0.333. The molecule has 25 heavy (non-hydrogen) atoms. The number of likely N-dealkylation sites (N-methyl/N-ethyl adjacent to an activating group) is 1. The Bertz CT molecular complexity index is 765. The van der Waals surface area contributed by atoms with Crippen molar-refractivity contribution in [1.82, 2.24) is 9.80 Å². The maximum atomic E-state index is 12.8. The smallest absolute Gasteiger partial charge is 0.245 e. The van der Waals surface area contributed by atoms with Gasteiger partial charge >= 0.3 is 0 Å². The summed E-state index contributed by atoms with van der Waals surface area (Å²) >= 11 is 0. The van der Waals surface area contributed by atoms with Gasteiger partial charge in [0.2, 0.25) is 11.8 Å². The van der Waals surface area contributed by atoms with Crippen molar-refractivity contribution in [3.63, 3.8) is 0 Å². The Balaban J connectivity index is 1.92. The monoisotopic (exact) mass is 336 g/mol. The van der Waals surface area contributed by atoms with Gasteiger partial charge in [-0.2, -0.15) is 0 Å². The van der Waals surface area contributed by atoms with Crippen molar-refractivity contribution in [1.29, 1.82) is 0 Å². The minimum Gasteiger partial charge on any atom is -0.335 e. The summed E-state index contributed by atoms with van der Waals surface area (Å²) in [6, 6.07) is 15.6. The molecule has 1 fully saturated rings. The van der Waals surface area contributed by atoms with Crippen LogP contribution in [0.3, 0.4) is 0 Å². The molecule has 1 atom stereocenters. The summed E-state index contributed by atoms with van der Waals surface area (Å²) in [7, 11) is 1.70. The van der Waals surface area contributed by atoms with Crippen LogP contribution in [0.4, 0.5) is 0 Å². The maximum Gasteiger partial charge on any atom is 0.245 e. The molecule has 1 aliphatic heterocycles. The molecule has 1 aliphatic rings. The molecular weight excluding hydrogens is 312 g/mol. The van der Waals surface area contributed by atoms with E-state index in [4.69, 9.17) is 0 Å². The number of nitrogens with zero attached hydrogens (tertiary/aromatic N) is 2. The molecule has 4 heteroatoms. The SMILES string of the molecule is Cc1cccc(C)c1CN1C(=O)CN(C)C(=O)[C@@H]1Cc1ccccc1. The summed E-state index contributed by atoms with van der Waals surface area (Å²) in [6.45, 7) is 4.73. The third-order valence-electron chi connectivity index (χ3n) is 4.98. The quantitative estimate of drug-likeness (QED) is 0.861. The number of hydrogen-bond acceptors (Lipinski definition) is 2. The van der Waals surface area contributed by atoms with E-state index >= 15 is 0 Å². The lowest BCUT2D eigenvalue weighted by molar-refractivity contribution is -0.155. The van der Waals surface area contributed by atoms with Gasteiger partial charge in [0, 0.05) is 20.0 Å². The average Bonchev–Trinajstić information content (AvgIpc) is 2.59. The van der Waals surface area contributed by atoms with E-state index < -0.39 is 6.04 Å². The van der Waals surface area contributed by atoms with Crippen LogP contribution in [0.1, 0.15) is 22.3 Å². The summed E-state index contributed by atoms with van der Waals surface area (Å²) in [6.07, 6.45) is 0.542. The average molecular weight is 336 g/mol. The lowest BCUT2D eigenvalue weighted by Crippen LogP contribution is -2.59. The van der Waals surface area contributed by atoms with Crippen LogP contribution in [0.5, 0.6) is 0 Å². The van der Waals surface area contributed by atoms with E-state index in [0.29, 0.717) is 13.0 Å². The molecule has 1 saturated heterocycles. The minimum atomic E-state index is -0.451. The molecule has 0 unspecified atom stereocenters. The van der Waals surface area contributed by atoms with Crippen LogP contribution in [-0.4, -0.2) is 41.2 Å². The molecule has 0 spiro atoms. The summed E-state index contributed by atoms with van der Waals surface area (Å²) in [5.74, 6) is 0.0142. The highest BCUT2D eigenvalue weighted by molar-refractivity contribution is 5.94. The summed E-state index contributed by atoms with van der Waals surface area (Å²) in [4.78, 5) is 28.8. The Hall–Kier alpha value is -2.62. The van der Waals surface area contributed by atoms with Crippen molar-refractivity contribution < 1.29 is 9.59 Å². The zero-order valence-electron chi connectivity index (χ0n) is 15.0. The normalized spacial score (nSPS) is 18.0. The molecule has 2 aromatic carbocycles. The highest BCUT2D eigenvalue weighted by Gasteiger charge is 2.37. The Morgan fingerprint density at radius 2 is 1.60 bits per heavy atom. The fourth-order valence-electron chi connectivity index (χ4n) is 3.44. The highest BCUT2D eigenvalue weighted by Crippen LogP contribution is 2.22. The van der Waals surface area contributed by atoms with Crippen molar-refractivity contribution in [3.05, 3.63) is 70.8 Å². The van der Waals surface area contributed by atoms with Crippen molar-refractivity contribution in [2.24, 2.45) is 0 Å². The molecule has 4 nitrogen and oxygen atoms in total. The van der Waals surface area contributed by atoms with Crippen LogP contribution in [0.2, 0.25) is 0 Å². The van der Waals surface area contributed by atoms with E-state index in [2.05, 4.69) is 26.0 Å². The maximum absolute atomic E-state index is 12.8. The predicted octanol–water partition coefficient (Wildman–Crippen LogP) is 2.72. The van der Waals surface area contributed by atoms with Crippen LogP contribution >= 0.6 is 0 Å². The molecule has 0 N–H and O–H groups in total. The van der Waals surface area contributed by atoms with Crippen LogP contribution in [0.15, 0.2) is 48.5 Å². The van der Waals surface area contributed by atoms with Gasteiger partial charge in [-0.3, -0.25) is 9.59 Å². The number of amides is 2. The fourth-order valence-corrected chi connectivity index (χ4v) is 3.44. The lowest BCUT2D eigenvalue weighted by atomic mass is 9.97. The Morgan fingerprint density at radius 3 is 2.24 bits per heavy atom. The van der Waals surface area contributed by atoms with Gasteiger partial charge in [-0.25, -0.2) is 0 Å². The van der Waals surface area contributed by atoms with Gasteiger partial charge in [0.05, 0.1) is 6.54 Å². The van der Waals surface area contributed by atoms with Gasteiger partial charge in [-0.1, -0.05) is 48.5 Å². The van der Waals surface area contributed by atoms with E-state index in [0.717, 1.165) is 22.3 Å². The molecule has 2 amide bonds. The van der Waals surface area contributed by atoms with Crippen LogP contribution in [0, 0.1) is 13.8 Å². The first-order valence-electron chi connectivity index (χ1n) is 8.61. The van der Waals surface area contributed by atoms with E-state index in [1.54, 1.807) is 11.9 Å². The Morgan fingerprint density at radius 1 is 0.960 bits per heavy atom. The van der Waals surface area contributed by atoms with Crippen LogP contribution < -0.4 is 0 Å².